The molecular formula is C13H20N2O3S. The minimum absolute atomic E-state index is 0.212. The van der Waals surface area contributed by atoms with Crippen molar-refractivity contribution in [1.82, 2.24) is 10.2 Å². The first-order chi connectivity index (χ1) is 8.90. The lowest BCUT2D eigenvalue weighted by molar-refractivity contribution is -0.139. The molecule has 0 aliphatic heterocycles. The number of nitrogens with zero attached hydrogens (tertiary/aromatic N) is 1. The number of carbonyl (C=O) groups is 2. The third-order valence-corrected chi connectivity index (χ3v) is 3.48. The van der Waals surface area contributed by atoms with E-state index < -0.39 is 12.0 Å². The lowest BCUT2D eigenvalue weighted by Gasteiger charge is -2.22. The first kappa shape index (κ1) is 15.5. The van der Waals surface area contributed by atoms with E-state index in [9.17, 15) is 9.59 Å². The van der Waals surface area contributed by atoms with E-state index in [4.69, 9.17) is 5.11 Å². The van der Waals surface area contributed by atoms with Crippen LogP contribution in [-0.4, -0.2) is 35.1 Å². The Hall–Kier alpha value is -1.56. The summed E-state index contributed by atoms with van der Waals surface area (Å²) >= 11 is 1.57. The van der Waals surface area contributed by atoms with Crippen molar-refractivity contribution >= 4 is 23.3 Å². The van der Waals surface area contributed by atoms with Gasteiger partial charge in [0.25, 0.3) is 0 Å². The molecule has 2 amide bonds. The fourth-order valence-corrected chi connectivity index (χ4v) is 2.42. The maximum absolute atomic E-state index is 11.9. The van der Waals surface area contributed by atoms with Crippen molar-refractivity contribution in [1.29, 1.82) is 0 Å². The number of carboxylic acid groups (broad SMARTS) is 1. The fourth-order valence-electron chi connectivity index (χ4n) is 1.66. The molecule has 5 nitrogen and oxygen atoms in total. The largest absolute Gasteiger partial charge is 0.480 e. The molecule has 1 atom stereocenters. The molecule has 1 aromatic rings. The van der Waals surface area contributed by atoms with Crippen molar-refractivity contribution in [3.8, 4) is 0 Å². The molecule has 6 heteroatoms. The Bertz CT molecular complexity index is 418. The van der Waals surface area contributed by atoms with Crippen molar-refractivity contribution in [2.45, 2.75) is 32.9 Å². The van der Waals surface area contributed by atoms with Crippen LogP contribution < -0.4 is 5.32 Å². The van der Waals surface area contributed by atoms with Crippen molar-refractivity contribution in [3.63, 3.8) is 0 Å². The van der Waals surface area contributed by atoms with Crippen molar-refractivity contribution < 1.29 is 14.7 Å². The second kappa shape index (κ2) is 7.13. The van der Waals surface area contributed by atoms with E-state index in [0.717, 1.165) is 4.88 Å². The lowest BCUT2D eigenvalue weighted by atomic mass is 10.0. The normalized spacial score (nSPS) is 12.2. The average Bonchev–Trinajstić information content (AvgIpc) is 2.79. The molecule has 2 N–H and O–H groups in total. The van der Waals surface area contributed by atoms with Gasteiger partial charge in [0.2, 0.25) is 0 Å². The van der Waals surface area contributed by atoms with Gasteiger partial charge in [-0.2, -0.15) is 0 Å². The van der Waals surface area contributed by atoms with Crippen molar-refractivity contribution in [2.75, 3.05) is 7.05 Å². The van der Waals surface area contributed by atoms with Gasteiger partial charge in [0, 0.05) is 11.9 Å². The number of carbonyl (C=O) groups excluding carboxylic acids is 1. The molecule has 19 heavy (non-hydrogen) atoms. The maximum Gasteiger partial charge on any atom is 0.326 e. The summed E-state index contributed by atoms with van der Waals surface area (Å²) < 4.78 is 0. The number of nitrogens with one attached hydrogen (secondary N) is 1. The maximum atomic E-state index is 11.9. The van der Waals surface area contributed by atoms with Gasteiger partial charge in [0.15, 0.2) is 0 Å². The zero-order valence-corrected chi connectivity index (χ0v) is 12.2. The van der Waals surface area contributed by atoms with E-state index in [-0.39, 0.29) is 11.9 Å². The van der Waals surface area contributed by atoms with Gasteiger partial charge < -0.3 is 15.3 Å². The third-order valence-electron chi connectivity index (χ3n) is 2.62. The lowest BCUT2D eigenvalue weighted by Crippen LogP contribution is -2.46. The smallest absolute Gasteiger partial charge is 0.326 e. The van der Waals surface area contributed by atoms with Crippen molar-refractivity contribution in [3.05, 3.63) is 22.4 Å². The Labute approximate surface area is 117 Å². The Morgan fingerprint density at radius 1 is 1.47 bits per heavy atom. The first-order valence-electron chi connectivity index (χ1n) is 6.17. The van der Waals surface area contributed by atoms with Gasteiger partial charge in [-0.15, -0.1) is 11.3 Å². The van der Waals surface area contributed by atoms with E-state index in [1.165, 1.54) is 4.90 Å². The number of amides is 2. The van der Waals surface area contributed by atoms with Crippen molar-refractivity contribution in [2.24, 2.45) is 5.92 Å². The molecule has 1 rings (SSSR count). The van der Waals surface area contributed by atoms with Crippen LogP contribution in [0.2, 0.25) is 0 Å². The predicted octanol–water partition coefficient (Wildman–Crippen LogP) is 2.39. The van der Waals surface area contributed by atoms with Gasteiger partial charge >= 0.3 is 12.0 Å². The Morgan fingerprint density at radius 2 is 2.16 bits per heavy atom. The molecule has 0 aromatic carbocycles. The zero-order chi connectivity index (χ0) is 14.4. The van der Waals surface area contributed by atoms with Crippen LogP contribution in [0, 0.1) is 5.92 Å². The predicted molar refractivity (Wildman–Crippen MR) is 75.2 cm³/mol. The topological polar surface area (TPSA) is 69.6 Å². The summed E-state index contributed by atoms with van der Waals surface area (Å²) in [6.45, 7) is 4.34. The van der Waals surface area contributed by atoms with Crippen LogP contribution in [0.25, 0.3) is 0 Å². The summed E-state index contributed by atoms with van der Waals surface area (Å²) in [6, 6.07) is 2.67. The second-order valence-corrected chi connectivity index (χ2v) is 5.94. The standard InChI is InChI=1S/C13H20N2O3S/c1-9(2)7-11(12(16)17)14-13(18)15(3)8-10-5-4-6-19-10/h4-6,9,11H,7-8H2,1-3H3,(H,14,18)(H,16,17)/t11-/m1/s1. The van der Waals surface area contributed by atoms with Crippen LogP contribution in [0.1, 0.15) is 25.1 Å². The fraction of sp³-hybridized carbons (Fsp3) is 0.538. The minimum atomic E-state index is -0.994. The Morgan fingerprint density at radius 3 is 2.63 bits per heavy atom. The molecule has 0 spiro atoms. The summed E-state index contributed by atoms with van der Waals surface area (Å²) in [4.78, 5) is 25.6. The Kier molecular flexibility index (Phi) is 5.82. The van der Waals surface area contributed by atoms with E-state index >= 15 is 0 Å². The van der Waals surface area contributed by atoms with Crippen LogP contribution in [0.4, 0.5) is 4.79 Å². The number of carboxylic acids is 1. The molecule has 0 unspecified atom stereocenters. The Balaban J connectivity index is 2.53. The van der Waals surface area contributed by atoms with E-state index in [1.54, 1.807) is 18.4 Å². The van der Waals surface area contributed by atoms with E-state index in [2.05, 4.69) is 5.32 Å². The molecule has 0 radical (unpaired) electrons. The van der Waals surface area contributed by atoms with Crippen LogP contribution in [-0.2, 0) is 11.3 Å². The molecule has 0 saturated carbocycles. The number of thiophene rings is 1. The molecule has 0 aliphatic rings. The van der Waals surface area contributed by atoms with Gasteiger partial charge in [-0.25, -0.2) is 9.59 Å². The van der Waals surface area contributed by atoms with Gasteiger partial charge in [-0.3, -0.25) is 0 Å². The van der Waals surface area contributed by atoms with Gasteiger partial charge in [0.05, 0.1) is 6.54 Å². The molecule has 0 aliphatic carbocycles. The van der Waals surface area contributed by atoms with Gasteiger partial charge in [-0.1, -0.05) is 19.9 Å². The number of hydrogen-bond acceptors (Lipinski definition) is 3. The summed E-state index contributed by atoms with van der Waals surface area (Å²) in [5.74, 6) is -0.782. The highest BCUT2D eigenvalue weighted by Gasteiger charge is 2.22. The molecule has 1 heterocycles. The van der Waals surface area contributed by atoms with Crippen LogP contribution >= 0.6 is 11.3 Å². The SMILES string of the molecule is CC(C)C[C@@H](NC(=O)N(C)Cc1cccs1)C(=O)O. The highest BCUT2D eigenvalue weighted by molar-refractivity contribution is 7.09. The zero-order valence-electron chi connectivity index (χ0n) is 11.4. The van der Waals surface area contributed by atoms with Crippen LogP contribution in [0.3, 0.4) is 0 Å². The third kappa shape index (κ3) is 5.30. The summed E-state index contributed by atoms with van der Waals surface area (Å²) in [5.41, 5.74) is 0. The van der Waals surface area contributed by atoms with Gasteiger partial charge in [-0.05, 0) is 23.8 Å². The first-order valence-corrected chi connectivity index (χ1v) is 7.05. The summed E-state index contributed by atoms with van der Waals surface area (Å²) in [6.07, 6.45) is 0.425. The van der Waals surface area contributed by atoms with E-state index in [1.807, 2.05) is 31.4 Å². The molecule has 0 fully saturated rings. The number of urea groups is 1. The molecule has 0 saturated heterocycles. The number of rotatable bonds is 6. The highest BCUT2D eigenvalue weighted by atomic mass is 32.1. The molecular weight excluding hydrogens is 264 g/mol. The second-order valence-electron chi connectivity index (χ2n) is 4.91. The summed E-state index contributed by atoms with van der Waals surface area (Å²) in [5, 5.41) is 13.6. The quantitative estimate of drug-likeness (QED) is 0.842. The minimum Gasteiger partial charge on any atom is -0.480 e. The van der Waals surface area contributed by atoms with Crippen LogP contribution in [0.15, 0.2) is 17.5 Å². The summed E-state index contributed by atoms with van der Waals surface area (Å²) in [7, 11) is 1.66. The average molecular weight is 284 g/mol. The number of aliphatic carboxylic acids is 1. The molecule has 106 valence electrons. The molecule has 0 bridgehead atoms. The highest BCUT2D eigenvalue weighted by Crippen LogP contribution is 2.11. The van der Waals surface area contributed by atoms with Gasteiger partial charge in [0.1, 0.15) is 6.04 Å². The monoisotopic (exact) mass is 284 g/mol. The van der Waals surface area contributed by atoms with Crippen LogP contribution in [0.5, 0.6) is 0 Å². The van der Waals surface area contributed by atoms with E-state index in [0.29, 0.717) is 13.0 Å². The number of hydrogen-bond donors (Lipinski definition) is 2. The molecule has 1 aromatic heterocycles.